The molecular weight excluding hydrogens is 466 g/mol. The van der Waals surface area contributed by atoms with Crippen molar-refractivity contribution in [2.75, 3.05) is 29.8 Å². The highest BCUT2D eigenvalue weighted by molar-refractivity contribution is 5.93. The van der Waals surface area contributed by atoms with E-state index in [4.69, 9.17) is 20.9 Å². The third kappa shape index (κ3) is 6.74. The largest absolute Gasteiger partial charge is 0.455 e. The maximum Gasteiger partial charge on any atom is 0.416 e. The van der Waals surface area contributed by atoms with Crippen LogP contribution in [0.5, 0.6) is 5.75 Å². The van der Waals surface area contributed by atoms with Gasteiger partial charge in [-0.3, -0.25) is 9.69 Å². The number of anilines is 3. The number of amides is 2. The minimum Gasteiger partial charge on any atom is -0.455 e. The Balaban J connectivity index is 1.63. The molecule has 0 bridgehead atoms. The molecule has 1 heterocycles. The van der Waals surface area contributed by atoms with Crippen molar-refractivity contribution in [2.24, 2.45) is 16.0 Å². The van der Waals surface area contributed by atoms with Crippen molar-refractivity contribution in [3.63, 3.8) is 0 Å². The van der Waals surface area contributed by atoms with E-state index in [0.717, 1.165) is 0 Å². The maximum absolute atomic E-state index is 12.4. The minimum atomic E-state index is -0.695. The van der Waals surface area contributed by atoms with Crippen LogP contribution >= 0.6 is 0 Å². The summed E-state index contributed by atoms with van der Waals surface area (Å²) in [5.74, 6) is 0.220. The van der Waals surface area contributed by atoms with Crippen LogP contribution < -0.4 is 26.4 Å². The summed E-state index contributed by atoms with van der Waals surface area (Å²) in [6, 6.07) is 16.1. The molecule has 1 atom stereocenters. The van der Waals surface area contributed by atoms with E-state index in [-0.39, 0.29) is 30.7 Å². The zero-order valence-corrected chi connectivity index (χ0v) is 19.8. The molecule has 1 aromatic heterocycles. The number of carbonyl (C=O) groups is 2. The highest BCUT2D eigenvalue weighted by Crippen LogP contribution is 2.30. The van der Waals surface area contributed by atoms with Crippen LogP contribution in [0.3, 0.4) is 0 Å². The number of benzene rings is 2. The van der Waals surface area contributed by atoms with Crippen LogP contribution in [0.25, 0.3) is 0 Å². The number of nitrogens with zero attached hydrogens (tertiary/aromatic N) is 4. The fourth-order valence-electron chi connectivity index (χ4n) is 2.94. The Morgan fingerprint density at radius 3 is 2.50 bits per heavy atom. The van der Waals surface area contributed by atoms with Gasteiger partial charge in [-0.05, 0) is 37.3 Å². The number of aliphatic hydroxyl groups excluding tert-OH is 1. The summed E-state index contributed by atoms with van der Waals surface area (Å²) in [5, 5.41) is 20.3. The van der Waals surface area contributed by atoms with Gasteiger partial charge in [0.05, 0.1) is 18.3 Å². The number of nitrogens with one attached hydrogen (secondary N) is 1. The molecule has 0 unspecified atom stereocenters. The zero-order chi connectivity index (χ0) is 26.1. The topological polar surface area (TPSA) is 178 Å². The predicted molar refractivity (Wildman–Crippen MR) is 134 cm³/mol. The molecule has 0 aliphatic rings. The second kappa shape index (κ2) is 12.2. The lowest BCUT2D eigenvalue weighted by molar-refractivity contribution is -0.117. The molecule has 0 aliphatic heterocycles. The standard InChI is InChI=1S/C24H27N7O5/c1-15(25)23(33)28-21-12-11-18(22(26)27-21)30-29-17-8-4-6-10-20(17)35-14-36-24(34)31(2)19-9-5-3-7-16(19)13-32/h3-12,15,32H,13-14,25H2,1-2H3,(H3,26,27,28,33)/b30-29+/t15-/m0/s1. The van der Waals surface area contributed by atoms with E-state index in [1.54, 1.807) is 61.5 Å². The van der Waals surface area contributed by atoms with Gasteiger partial charge in [0.1, 0.15) is 17.2 Å². The van der Waals surface area contributed by atoms with E-state index in [2.05, 4.69) is 20.5 Å². The van der Waals surface area contributed by atoms with Crippen LogP contribution in [0.15, 0.2) is 70.9 Å². The third-order valence-corrected chi connectivity index (χ3v) is 4.89. The van der Waals surface area contributed by atoms with Gasteiger partial charge in [-0.2, -0.15) is 0 Å². The van der Waals surface area contributed by atoms with E-state index in [1.165, 1.54) is 18.0 Å². The third-order valence-electron chi connectivity index (χ3n) is 4.89. The average Bonchev–Trinajstić information content (AvgIpc) is 2.88. The molecule has 0 aliphatic carbocycles. The molecule has 2 amide bonds. The van der Waals surface area contributed by atoms with Gasteiger partial charge in [-0.15, -0.1) is 10.2 Å². The zero-order valence-electron chi connectivity index (χ0n) is 19.8. The predicted octanol–water partition coefficient (Wildman–Crippen LogP) is 3.47. The van der Waals surface area contributed by atoms with E-state index < -0.39 is 18.0 Å². The lowest BCUT2D eigenvalue weighted by Crippen LogP contribution is -2.32. The first-order valence-electron chi connectivity index (χ1n) is 10.9. The van der Waals surface area contributed by atoms with Gasteiger partial charge in [0.25, 0.3) is 0 Å². The molecule has 0 saturated carbocycles. The summed E-state index contributed by atoms with van der Waals surface area (Å²) < 4.78 is 10.8. The highest BCUT2D eigenvalue weighted by atomic mass is 16.7. The molecule has 3 aromatic rings. The average molecular weight is 494 g/mol. The SMILES string of the molecule is C[C@H](N)C(=O)Nc1ccc(/N=N/c2ccccc2OCOC(=O)N(C)c2ccccc2CO)c(N)n1. The number of aromatic nitrogens is 1. The first-order valence-corrected chi connectivity index (χ1v) is 10.9. The molecule has 3 rings (SSSR count). The van der Waals surface area contributed by atoms with E-state index in [0.29, 0.717) is 22.7 Å². The second-order valence-electron chi connectivity index (χ2n) is 7.56. The summed E-state index contributed by atoms with van der Waals surface area (Å²) in [7, 11) is 1.53. The van der Waals surface area contributed by atoms with Gasteiger partial charge < -0.3 is 31.4 Å². The molecule has 2 aromatic carbocycles. The Morgan fingerprint density at radius 2 is 1.78 bits per heavy atom. The molecule has 0 radical (unpaired) electrons. The number of rotatable bonds is 9. The van der Waals surface area contributed by atoms with Gasteiger partial charge in [-0.1, -0.05) is 30.3 Å². The van der Waals surface area contributed by atoms with Crippen LogP contribution in [0.1, 0.15) is 12.5 Å². The van der Waals surface area contributed by atoms with Crippen LogP contribution in [0.4, 0.5) is 33.5 Å². The van der Waals surface area contributed by atoms with Crippen LogP contribution in [-0.4, -0.2) is 42.0 Å². The highest BCUT2D eigenvalue weighted by Gasteiger charge is 2.16. The summed E-state index contributed by atoms with van der Waals surface area (Å²) >= 11 is 0. The van der Waals surface area contributed by atoms with Gasteiger partial charge in [0.2, 0.25) is 12.7 Å². The molecule has 188 valence electrons. The number of para-hydroxylation sites is 2. The number of carbonyl (C=O) groups excluding carboxylic acids is 2. The summed E-state index contributed by atoms with van der Waals surface area (Å²) in [6.07, 6.45) is -0.662. The molecule has 36 heavy (non-hydrogen) atoms. The molecule has 0 saturated heterocycles. The van der Waals surface area contributed by atoms with E-state index in [9.17, 15) is 14.7 Å². The summed E-state index contributed by atoms with van der Waals surface area (Å²) in [5.41, 5.74) is 13.2. The number of aliphatic hydroxyl groups is 1. The van der Waals surface area contributed by atoms with Crippen molar-refractivity contribution in [3.8, 4) is 5.75 Å². The second-order valence-corrected chi connectivity index (χ2v) is 7.56. The monoisotopic (exact) mass is 493 g/mol. The number of nitrogen functional groups attached to an aromatic ring is 1. The van der Waals surface area contributed by atoms with Crippen molar-refractivity contribution >= 4 is 40.7 Å². The summed E-state index contributed by atoms with van der Waals surface area (Å²) in [6.45, 7) is 0.956. The normalized spacial score (nSPS) is 11.7. The van der Waals surface area contributed by atoms with Gasteiger partial charge >= 0.3 is 6.09 Å². The molecule has 12 nitrogen and oxygen atoms in total. The molecule has 0 spiro atoms. The Kier molecular flexibility index (Phi) is 8.86. The number of nitrogens with two attached hydrogens (primary N) is 2. The Bertz CT molecular complexity index is 1250. The fourth-order valence-corrected chi connectivity index (χ4v) is 2.94. The maximum atomic E-state index is 12.4. The number of pyridine rings is 1. The molecule has 0 fully saturated rings. The molecule has 6 N–H and O–H groups in total. The molecule has 12 heteroatoms. The first kappa shape index (κ1) is 26.1. The van der Waals surface area contributed by atoms with Crippen molar-refractivity contribution in [2.45, 2.75) is 19.6 Å². The quantitative estimate of drug-likeness (QED) is 0.258. The Labute approximate surface area is 207 Å². The lowest BCUT2D eigenvalue weighted by atomic mass is 10.2. The fraction of sp³-hybridized carbons (Fsp3) is 0.208. The lowest BCUT2D eigenvalue weighted by Gasteiger charge is -2.19. The van der Waals surface area contributed by atoms with E-state index in [1.807, 2.05) is 0 Å². The van der Waals surface area contributed by atoms with Crippen molar-refractivity contribution in [1.29, 1.82) is 0 Å². The van der Waals surface area contributed by atoms with Crippen molar-refractivity contribution in [3.05, 3.63) is 66.2 Å². The number of hydrogen-bond donors (Lipinski definition) is 4. The Morgan fingerprint density at radius 1 is 1.08 bits per heavy atom. The number of hydrogen-bond acceptors (Lipinski definition) is 10. The number of azo groups is 1. The van der Waals surface area contributed by atoms with Crippen LogP contribution in [0.2, 0.25) is 0 Å². The van der Waals surface area contributed by atoms with Crippen molar-refractivity contribution in [1.82, 2.24) is 4.98 Å². The van der Waals surface area contributed by atoms with E-state index >= 15 is 0 Å². The first-order chi connectivity index (χ1) is 17.3. The minimum absolute atomic E-state index is 0.0553. The molecular formula is C24H27N7O5. The van der Waals surface area contributed by atoms with Gasteiger partial charge in [0, 0.05) is 12.6 Å². The smallest absolute Gasteiger partial charge is 0.416 e. The van der Waals surface area contributed by atoms with Crippen molar-refractivity contribution < 1.29 is 24.2 Å². The van der Waals surface area contributed by atoms with Crippen LogP contribution in [-0.2, 0) is 16.1 Å². The van der Waals surface area contributed by atoms with Crippen LogP contribution in [0, 0.1) is 0 Å². The summed E-state index contributed by atoms with van der Waals surface area (Å²) in [4.78, 5) is 29.5. The number of ether oxygens (including phenoxy) is 2. The van der Waals surface area contributed by atoms with Gasteiger partial charge in [0.15, 0.2) is 11.6 Å². The Hall–Kier alpha value is -4.55. The van der Waals surface area contributed by atoms with Gasteiger partial charge in [-0.25, -0.2) is 9.78 Å².